The highest BCUT2D eigenvalue weighted by molar-refractivity contribution is 6.06. The van der Waals surface area contributed by atoms with Crippen LogP contribution in [0.25, 0.3) is 0 Å². The van der Waals surface area contributed by atoms with Crippen LogP contribution in [0.2, 0.25) is 0 Å². The molecule has 1 unspecified atom stereocenters. The summed E-state index contributed by atoms with van der Waals surface area (Å²) >= 11 is 0. The summed E-state index contributed by atoms with van der Waals surface area (Å²) in [5.41, 5.74) is 5.22. The fourth-order valence-electron chi connectivity index (χ4n) is 3.86. The first-order valence-corrected chi connectivity index (χ1v) is 8.41. The van der Waals surface area contributed by atoms with Crippen LogP contribution in [0.3, 0.4) is 0 Å². The maximum absolute atomic E-state index is 13.2. The highest BCUT2D eigenvalue weighted by Crippen LogP contribution is 2.38. The monoisotopic (exact) mass is 295 g/mol. The van der Waals surface area contributed by atoms with Gasteiger partial charge in [-0.05, 0) is 32.6 Å². The zero-order valence-corrected chi connectivity index (χ0v) is 13.2. The fourth-order valence-corrected chi connectivity index (χ4v) is 3.86. The molecule has 2 rings (SSSR count). The zero-order chi connectivity index (χ0) is 15.3. The second-order valence-corrected chi connectivity index (χ2v) is 6.68. The molecule has 0 radical (unpaired) electrons. The lowest BCUT2D eigenvalue weighted by Crippen LogP contribution is -2.53. The third-order valence-corrected chi connectivity index (χ3v) is 5.28. The van der Waals surface area contributed by atoms with Crippen molar-refractivity contribution in [1.82, 2.24) is 4.90 Å². The Balaban J connectivity index is 2.28. The summed E-state index contributed by atoms with van der Waals surface area (Å²) in [5.74, 6) is 0.208. The summed E-state index contributed by atoms with van der Waals surface area (Å²) in [6.07, 6.45) is 10.1. The van der Waals surface area contributed by atoms with E-state index in [0.717, 1.165) is 45.1 Å². The molecular formula is C16H29N3O2. The van der Waals surface area contributed by atoms with Crippen molar-refractivity contribution in [1.29, 1.82) is 0 Å². The summed E-state index contributed by atoms with van der Waals surface area (Å²) in [4.78, 5) is 15.2. The molecule has 0 bridgehead atoms. The molecule has 1 heterocycles. The molecule has 3 N–H and O–H groups in total. The lowest BCUT2D eigenvalue weighted by Gasteiger charge is -2.38. The van der Waals surface area contributed by atoms with Gasteiger partial charge >= 0.3 is 0 Å². The summed E-state index contributed by atoms with van der Waals surface area (Å²) in [5, 5.41) is 12.4. The van der Waals surface area contributed by atoms with Crippen LogP contribution in [0.15, 0.2) is 5.16 Å². The van der Waals surface area contributed by atoms with Crippen molar-refractivity contribution in [3.8, 4) is 0 Å². The molecular weight excluding hydrogens is 266 g/mol. The van der Waals surface area contributed by atoms with E-state index in [2.05, 4.69) is 12.1 Å². The minimum absolute atomic E-state index is 0.0918. The Morgan fingerprint density at radius 2 is 1.76 bits per heavy atom. The predicted molar refractivity (Wildman–Crippen MR) is 83.2 cm³/mol. The number of nitrogens with zero attached hydrogens (tertiary/aromatic N) is 2. The predicted octanol–water partition coefficient (Wildman–Crippen LogP) is 2.86. The number of oxime groups is 1. The normalized spacial score (nSPS) is 27.8. The molecule has 1 atom stereocenters. The molecule has 5 heteroatoms. The summed E-state index contributed by atoms with van der Waals surface area (Å²) in [7, 11) is 0. The van der Waals surface area contributed by atoms with E-state index >= 15 is 0 Å². The average Bonchev–Trinajstić information content (AvgIpc) is 2.86. The van der Waals surface area contributed by atoms with Crippen LogP contribution >= 0.6 is 0 Å². The molecule has 5 nitrogen and oxygen atoms in total. The van der Waals surface area contributed by atoms with Crippen molar-refractivity contribution >= 4 is 11.7 Å². The molecule has 0 aromatic heterocycles. The van der Waals surface area contributed by atoms with Crippen molar-refractivity contribution in [2.75, 3.05) is 6.54 Å². The first kappa shape index (κ1) is 16.1. The molecule has 1 saturated heterocycles. The van der Waals surface area contributed by atoms with Gasteiger partial charge in [-0.1, -0.05) is 43.7 Å². The maximum Gasteiger partial charge on any atom is 0.236 e. The largest absolute Gasteiger partial charge is 0.409 e. The Kier molecular flexibility index (Phi) is 5.48. The van der Waals surface area contributed by atoms with Crippen LogP contribution in [0.4, 0.5) is 0 Å². The molecule has 21 heavy (non-hydrogen) atoms. The van der Waals surface area contributed by atoms with Crippen LogP contribution in [0, 0.1) is 5.41 Å². The summed E-state index contributed by atoms with van der Waals surface area (Å²) in [6, 6.07) is 0.256. The third-order valence-electron chi connectivity index (χ3n) is 5.28. The minimum atomic E-state index is -0.774. The van der Waals surface area contributed by atoms with Crippen LogP contribution in [0.1, 0.15) is 71.1 Å². The van der Waals surface area contributed by atoms with Gasteiger partial charge in [-0.3, -0.25) is 4.79 Å². The Bertz CT molecular complexity index is 387. The molecule has 0 aromatic rings. The van der Waals surface area contributed by atoms with Gasteiger partial charge in [-0.15, -0.1) is 0 Å². The van der Waals surface area contributed by atoms with Gasteiger partial charge in [0, 0.05) is 12.6 Å². The quantitative estimate of drug-likeness (QED) is 0.270. The zero-order valence-electron chi connectivity index (χ0n) is 13.2. The SMILES string of the molecule is CC1CCCCCN1C(=O)C1(C(N)=NO)CCCCCC1. The van der Waals surface area contributed by atoms with Gasteiger partial charge in [0.15, 0.2) is 5.84 Å². The van der Waals surface area contributed by atoms with E-state index in [1.807, 2.05) is 4.90 Å². The van der Waals surface area contributed by atoms with Gasteiger partial charge in [0.2, 0.25) is 5.91 Å². The lowest BCUT2D eigenvalue weighted by molar-refractivity contribution is -0.141. The number of rotatable bonds is 2. The standard InChI is InChI=1S/C16H29N3O2/c1-13-9-5-4-8-12-19(13)15(20)16(14(17)18-21)10-6-2-3-7-11-16/h13,21H,2-12H2,1H3,(H2,17,18). The maximum atomic E-state index is 13.2. The number of carbonyl (C=O) groups excluding carboxylic acids is 1. The van der Waals surface area contributed by atoms with Gasteiger partial charge in [0.25, 0.3) is 0 Å². The summed E-state index contributed by atoms with van der Waals surface area (Å²) in [6.45, 7) is 2.93. The van der Waals surface area contributed by atoms with Crippen molar-refractivity contribution in [2.24, 2.45) is 16.3 Å². The molecule has 0 spiro atoms. The molecule has 2 fully saturated rings. The van der Waals surface area contributed by atoms with E-state index in [9.17, 15) is 10.0 Å². The van der Waals surface area contributed by atoms with E-state index < -0.39 is 5.41 Å². The van der Waals surface area contributed by atoms with E-state index in [1.54, 1.807) is 0 Å². The first-order valence-electron chi connectivity index (χ1n) is 8.41. The van der Waals surface area contributed by atoms with E-state index in [4.69, 9.17) is 5.73 Å². The molecule has 1 aliphatic heterocycles. The Morgan fingerprint density at radius 1 is 1.14 bits per heavy atom. The van der Waals surface area contributed by atoms with Gasteiger partial charge in [0.05, 0.1) is 0 Å². The van der Waals surface area contributed by atoms with Crippen molar-refractivity contribution in [3.63, 3.8) is 0 Å². The number of hydrogen-bond acceptors (Lipinski definition) is 3. The Hall–Kier alpha value is -1.26. The molecule has 2 aliphatic rings. The average molecular weight is 295 g/mol. The highest BCUT2D eigenvalue weighted by Gasteiger charge is 2.46. The van der Waals surface area contributed by atoms with Gasteiger partial charge in [0.1, 0.15) is 5.41 Å². The van der Waals surface area contributed by atoms with Crippen LogP contribution in [-0.4, -0.2) is 34.4 Å². The van der Waals surface area contributed by atoms with Crippen LogP contribution < -0.4 is 5.73 Å². The molecule has 0 aromatic carbocycles. The second-order valence-electron chi connectivity index (χ2n) is 6.68. The number of likely N-dealkylation sites (tertiary alicyclic amines) is 1. The topological polar surface area (TPSA) is 78.9 Å². The van der Waals surface area contributed by atoms with E-state index in [-0.39, 0.29) is 17.8 Å². The number of nitrogens with two attached hydrogens (primary N) is 1. The highest BCUT2D eigenvalue weighted by atomic mass is 16.4. The fraction of sp³-hybridized carbons (Fsp3) is 0.875. The second kappa shape index (κ2) is 7.14. The molecule has 1 saturated carbocycles. The van der Waals surface area contributed by atoms with Crippen molar-refractivity contribution in [2.45, 2.75) is 77.2 Å². The number of amides is 1. The number of amidine groups is 1. The Labute approximate surface area is 127 Å². The van der Waals surface area contributed by atoms with E-state index in [1.165, 1.54) is 12.8 Å². The Morgan fingerprint density at radius 3 is 2.38 bits per heavy atom. The van der Waals surface area contributed by atoms with Gasteiger partial charge in [-0.2, -0.15) is 0 Å². The van der Waals surface area contributed by atoms with Crippen molar-refractivity contribution in [3.05, 3.63) is 0 Å². The molecule has 1 aliphatic carbocycles. The first-order chi connectivity index (χ1) is 10.1. The minimum Gasteiger partial charge on any atom is -0.409 e. The number of carbonyl (C=O) groups is 1. The van der Waals surface area contributed by atoms with Crippen LogP contribution in [0.5, 0.6) is 0 Å². The lowest BCUT2D eigenvalue weighted by atomic mass is 9.77. The van der Waals surface area contributed by atoms with Crippen molar-refractivity contribution < 1.29 is 10.0 Å². The van der Waals surface area contributed by atoms with Gasteiger partial charge < -0.3 is 15.8 Å². The smallest absolute Gasteiger partial charge is 0.236 e. The molecule has 120 valence electrons. The molecule has 1 amide bonds. The van der Waals surface area contributed by atoms with E-state index in [0.29, 0.717) is 12.8 Å². The van der Waals surface area contributed by atoms with Crippen LogP contribution in [-0.2, 0) is 4.79 Å². The summed E-state index contributed by atoms with van der Waals surface area (Å²) < 4.78 is 0. The van der Waals surface area contributed by atoms with Gasteiger partial charge in [-0.25, -0.2) is 0 Å². The number of hydrogen-bond donors (Lipinski definition) is 2. The third kappa shape index (κ3) is 3.33.